The van der Waals surface area contributed by atoms with E-state index in [9.17, 15) is 4.79 Å². The number of ether oxygens (including phenoxy) is 2. The molecule has 172 valence electrons. The van der Waals surface area contributed by atoms with Gasteiger partial charge in [-0.15, -0.1) is 11.3 Å². The van der Waals surface area contributed by atoms with E-state index < -0.39 is 5.91 Å². The molecule has 5 aromatic rings. The zero-order chi connectivity index (χ0) is 23.8. The van der Waals surface area contributed by atoms with Gasteiger partial charge in [-0.2, -0.15) is 5.10 Å². The lowest BCUT2D eigenvalue weighted by Crippen LogP contribution is -2.13. The fourth-order valence-electron chi connectivity index (χ4n) is 3.43. The molecule has 0 radical (unpaired) electrons. The SMILES string of the molecule is COc1cc(OC)c(Cl)c(NC(=O)c2csc3c(Nc4ccc5cn[nH]c5c4)ncnc23)c1Cl. The first-order valence-corrected chi connectivity index (χ1v) is 11.5. The van der Waals surface area contributed by atoms with Gasteiger partial charge in [0.05, 0.1) is 47.4 Å². The highest BCUT2D eigenvalue weighted by atomic mass is 35.5. The second-order valence-electron chi connectivity index (χ2n) is 7.08. The molecule has 3 N–H and O–H groups in total. The number of hydrogen-bond acceptors (Lipinski definition) is 8. The number of thiophene rings is 1. The molecule has 0 bridgehead atoms. The second-order valence-corrected chi connectivity index (χ2v) is 8.72. The number of rotatable bonds is 6. The van der Waals surface area contributed by atoms with Gasteiger partial charge in [-0.25, -0.2) is 9.97 Å². The van der Waals surface area contributed by atoms with Gasteiger partial charge in [0.1, 0.15) is 27.9 Å². The highest BCUT2D eigenvalue weighted by Gasteiger charge is 2.22. The van der Waals surface area contributed by atoms with Crippen LogP contribution in [0.15, 0.2) is 42.2 Å². The number of anilines is 3. The van der Waals surface area contributed by atoms with Crippen molar-refractivity contribution in [1.29, 1.82) is 0 Å². The number of carbonyl (C=O) groups excluding carboxylic acids is 1. The zero-order valence-electron chi connectivity index (χ0n) is 17.8. The van der Waals surface area contributed by atoms with E-state index in [1.165, 1.54) is 31.9 Å². The van der Waals surface area contributed by atoms with E-state index in [0.717, 1.165) is 21.3 Å². The Balaban J connectivity index is 1.48. The first-order chi connectivity index (χ1) is 16.5. The summed E-state index contributed by atoms with van der Waals surface area (Å²) in [6, 6.07) is 7.35. The molecule has 0 unspecified atom stereocenters. The lowest BCUT2D eigenvalue weighted by Gasteiger charge is -2.15. The first-order valence-electron chi connectivity index (χ1n) is 9.83. The van der Waals surface area contributed by atoms with Gasteiger partial charge in [-0.05, 0) is 18.2 Å². The molecule has 0 fully saturated rings. The van der Waals surface area contributed by atoms with E-state index in [-0.39, 0.29) is 15.7 Å². The average Bonchev–Trinajstić information content (AvgIpc) is 3.49. The molecule has 0 aliphatic carbocycles. The molecule has 3 heterocycles. The van der Waals surface area contributed by atoms with E-state index in [2.05, 4.69) is 30.8 Å². The minimum atomic E-state index is -0.436. The summed E-state index contributed by atoms with van der Waals surface area (Å²) >= 11 is 14.1. The summed E-state index contributed by atoms with van der Waals surface area (Å²) in [5.74, 6) is 0.772. The van der Waals surface area contributed by atoms with Crippen LogP contribution in [0.3, 0.4) is 0 Å². The first kappa shape index (κ1) is 22.2. The highest BCUT2D eigenvalue weighted by molar-refractivity contribution is 7.18. The minimum Gasteiger partial charge on any atom is -0.495 e. The van der Waals surface area contributed by atoms with Gasteiger partial charge in [-0.1, -0.05) is 23.2 Å². The number of carbonyl (C=O) groups is 1. The Kier molecular flexibility index (Phi) is 5.86. The summed E-state index contributed by atoms with van der Waals surface area (Å²) in [5, 5.41) is 16.0. The second kappa shape index (κ2) is 8.98. The van der Waals surface area contributed by atoms with Crippen LogP contribution in [0.4, 0.5) is 17.2 Å². The number of methoxy groups -OCH3 is 2. The molecule has 5 rings (SSSR count). The Hall–Kier alpha value is -3.60. The maximum Gasteiger partial charge on any atom is 0.258 e. The molecular weight excluding hydrogens is 499 g/mol. The molecule has 34 heavy (non-hydrogen) atoms. The van der Waals surface area contributed by atoms with E-state index in [0.29, 0.717) is 28.4 Å². The number of aromatic amines is 1. The summed E-state index contributed by atoms with van der Waals surface area (Å²) in [7, 11) is 2.92. The molecule has 0 saturated heterocycles. The topological polar surface area (TPSA) is 114 Å². The number of halogens is 2. The molecule has 0 spiro atoms. The van der Waals surface area contributed by atoms with Crippen LogP contribution in [0.25, 0.3) is 21.1 Å². The van der Waals surface area contributed by atoms with Gasteiger partial charge in [0.25, 0.3) is 5.91 Å². The smallest absolute Gasteiger partial charge is 0.258 e. The van der Waals surface area contributed by atoms with Gasteiger partial charge in [0.15, 0.2) is 5.82 Å². The van der Waals surface area contributed by atoms with Crippen molar-refractivity contribution in [3.05, 3.63) is 57.8 Å². The van der Waals surface area contributed by atoms with Crippen molar-refractivity contribution < 1.29 is 14.3 Å². The van der Waals surface area contributed by atoms with Gasteiger partial charge >= 0.3 is 0 Å². The number of nitrogens with zero attached hydrogens (tertiary/aromatic N) is 3. The molecule has 0 aliphatic rings. The van der Waals surface area contributed by atoms with E-state index in [1.54, 1.807) is 17.6 Å². The van der Waals surface area contributed by atoms with Gasteiger partial charge in [0.2, 0.25) is 0 Å². The molecular formula is C22H16Cl2N6O3S. The number of hydrogen-bond donors (Lipinski definition) is 3. The van der Waals surface area contributed by atoms with Gasteiger partial charge in [0, 0.05) is 22.5 Å². The number of amides is 1. The van der Waals surface area contributed by atoms with E-state index in [4.69, 9.17) is 32.7 Å². The number of nitrogens with one attached hydrogen (secondary N) is 3. The van der Waals surface area contributed by atoms with Crippen LogP contribution in [0.2, 0.25) is 10.0 Å². The standard InChI is InChI=1S/C22H16Cl2N6O3S/c1-32-14-6-15(33-2)17(24)19(16(14)23)29-22(31)12-8-34-20-18(12)25-9-26-21(20)28-11-4-3-10-7-27-30-13(10)5-11/h3-9H,1-2H3,(H,27,30)(H,29,31)(H,25,26,28). The maximum atomic E-state index is 13.2. The van der Waals surface area contributed by atoms with Crippen molar-refractivity contribution in [2.75, 3.05) is 24.9 Å². The number of aromatic nitrogens is 4. The predicted molar refractivity (Wildman–Crippen MR) is 134 cm³/mol. The van der Waals surface area contributed by atoms with Crippen LogP contribution in [0.1, 0.15) is 10.4 Å². The van der Waals surface area contributed by atoms with Crippen LogP contribution in [0, 0.1) is 0 Å². The van der Waals surface area contributed by atoms with Crippen molar-refractivity contribution in [2.45, 2.75) is 0 Å². The third-order valence-electron chi connectivity index (χ3n) is 5.12. The molecule has 1 amide bonds. The third-order valence-corrected chi connectivity index (χ3v) is 6.84. The normalized spacial score (nSPS) is 11.1. The highest BCUT2D eigenvalue weighted by Crippen LogP contribution is 2.44. The lowest BCUT2D eigenvalue weighted by molar-refractivity contribution is 0.102. The van der Waals surface area contributed by atoms with Crippen molar-refractivity contribution in [2.24, 2.45) is 0 Å². The molecule has 0 atom stereocenters. The summed E-state index contributed by atoms with van der Waals surface area (Å²) in [6.45, 7) is 0. The molecule has 0 aliphatic heterocycles. The predicted octanol–water partition coefficient (Wildman–Crippen LogP) is 5.89. The van der Waals surface area contributed by atoms with Crippen LogP contribution in [-0.2, 0) is 0 Å². The van der Waals surface area contributed by atoms with Crippen molar-refractivity contribution in [1.82, 2.24) is 20.2 Å². The number of fused-ring (bicyclic) bond motifs is 2. The Morgan fingerprint density at radius 1 is 1.09 bits per heavy atom. The van der Waals surface area contributed by atoms with Crippen LogP contribution >= 0.6 is 34.5 Å². The molecule has 2 aromatic carbocycles. The Bertz CT molecular complexity index is 1520. The molecule has 0 saturated carbocycles. The van der Waals surface area contributed by atoms with Crippen LogP contribution < -0.4 is 20.1 Å². The van der Waals surface area contributed by atoms with E-state index >= 15 is 0 Å². The van der Waals surface area contributed by atoms with Gasteiger partial charge < -0.3 is 20.1 Å². The summed E-state index contributed by atoms with van der Waals surface area (Å²) in [4.78, 5) is 21.9. The lowest BCUT2D eigenvalue weighted by atomic mass is 10.2. The maximum absolute atomic E-state index is 13.2. The van der Waals surface area contributed by atoms with Crippen molar-refractivity contribution in [3.63, 3.8) is 0 Å². The fourth-order valence-corrected chi connectivity index (χ4v) is 4.97. The number of benzene rings is 2. The molecule has 12 heteroatoms. The van der Waals surface area contributed by atoms with Crippen LogP contribution in [0.5, 0.6) is 11.5 Å². The Morgan fingerprint density at radius 3 is 2.59 bits per heavy atom. The third kappa shape index (κ3) is 3.85. The monoisotopic (exact) mass is 514 g/mol. The summed E-state index contributed by atoms with van der Waals surface area (Å²) in [5.41, 5.74) is 2.74. The molecule has 3 aromatic heterocycles. The van der Waals surface area contributed by atoms with E-state index in [1.807, 2.05) is 18.2 Å². The Morgan fingerprint density at radius 2 is 1.85 bits per heavy atom. The quantitative estimate of drug-likeness (QED) is 0.259. The van der Waals surface area contributed by atoms with Crippen LogP contribution in [-0.4, -0.2) is 40.3 Å². The van der Waals surface area contributed by atoms with Crippen molar-refractivity contribution in [3.8, 4) is 11.5 Å². The summed E-state index contributed by atoms with van der Waals surface area (Å²) in [6.07, 6.45) is 3.15. The minimum absolute atomic E-state index is 0.160. The molecule has 9 nitrogen and oxygen atoms in total. The zero-order valence-corrected chi connectivity index (χ0v) is 20.1. The summed E-state index contributed by atoms with van der Waals surface area (Å²) < 4.78 is 11.2. The average molecular weight is 515 g/mol. The van der Waals surface area contributed by atoms with Crippen molar-refractivity contribution >= 4 is 78.8 Å². The fraction of sp³-hybridized carbons (Fsp3) is 0.0909. The Labute approximate surface area is 207 Å². The number of H-pyrrole nitrogens is 1. The largest absolute Gasteiger partial charge is 0.495 e. The van der Waals surface area contributed by atoms with Gasteiger partial charge in [-0.3, -0.25) is 9.89 Å².